The van der Waals surface area contributed by atoms with E-state index in [-0.39, 0.29) is 0 Å². The summed E-state index contributed by atoms with van der Waals surface area (Å²) in [6.07, 6.45) is 0. The summed E-state index contributed by atoms with van der Waals surface area (Å²) < 4.78 is 5.48. The molecule has 2 rings (SSSR count). The highest BCUT2D eigenvalue weighted by Crippen LogP contribution is 2.23. The second kappa shape index (κ2) is 4.31. The minimum atomic E-state index is 0.656. The monoisotopic (exact) mass is 216 g/mol. The number of nitrogen functional groups attached to an aromatic ring is 1. The quantitative estimate of drug-likeness (QED) is 0.775. The Morgan fingerprint density at radius 1 is 1.19 bits per heavy atom. The third-order valence-corrected chi connectivity index (χ3v) is 2.54. The fourth-order valence-electron chi connectivity index (χ4n) is 1.69. The molecule has 0 aliphatic carbocycles. The lowest BCUT2D eigenvalue weighted by Gasteiger charge is -2.10. The molecule has 16 heavy (non-hydrogen) atoms. The molecule has 1 aromatic carbocycles. The summed E-state index contributed by atoms with van der Waals surface area (Å²) in [6, 6.07) is 9.80. The Kier molecular flexibility index (Phi) is 2.86. The molecule has 0 amide bonds. The zero-order chi connectivity index (χ0) is 11.5. The third-order valence-electron chi connectivity index (χ3n) is 2.54. The topological polar surface area (TPSA) is 51.2 Å². The molecule has 3 nitrogen and oxygen atoms in total. The first kappa shape index (κ1) is 10.6. The lowest BCUT2D eigenvalue weighted by atomic mass is 10.1. The van der Waals surface area contributed by atoms with Gasteiger partial charge in [0, 0.05) is 0 Å². The molecule has 0 unspecified atom stereocenters. The van der Waals surface area contributed by atoms with E-state index in [9.17, 15) is 0 Å². The van der Waals surface area contributed by atoms with E-state index in [0.29, 0.717) is 6.54 Å². The summed E-state index contributed by atoms with van der Waals surface area (Å²) in [7, 11) is 0. The first-order chi connectivity index (χ1) is 7.66. The summed E-state index contributed by atoms with van der Waals surface area (Å²) in [6.45, 7) is 4.63. The molecule has 0 atom stereocenters. The lowest BCUT2D eigenvalue weighted by molar-refractivity contribution is 0.490. The standard InChI is InChI=1S/C13H16N2O/c1-9-4-3-5-12(14)13(9)15-8-11-7-6-10(2)16-11/h3-7,15H,8,14H2,1-2H3. The normalized spacial score (nSPS) is 10.4. The van der Waals surface area contributed by atoms with Gasteiger partial charge in [-0.1, -0.05) is 12.1 Å². The van der Waals surface area contributed by atoms with Crippen LogP contribution in [0.1, 0.15) is 17.1 Å². The zero-order valence-corrected chi connectivity index (χ0v) is 9.58. The second-order valence-electron chi connectivity index (χ2n) is 3.91. The molecule has 0 aliphatic rings. The first-order valence-electron chi connectivity index (χ1n) is 5.31. The van der Waals surface area contributed by atoms with Crippen molar-refractivity contribution < 1.29 is 4.42 Å². The van der Waals surface area contributed by atoms with Crippen LogP contribution in [0.3, 0.4) is 0 Å². The maximum Gasteiger partial charge on any atom is 0.123 e. The molecule has 1 heterocycles. The summed E-state index contributed by atoms with van der Waals surface area (Å²) >= 11 is 0. The van der Waals surface area contributed by atoms with Gasteiger partial charge >= 0.3 is 0 Å². The molecule has 0 spiro atoms. The van der Waals surface area contributed by atoms with Crippen LogP contribution in [0.2, 0.25) is 0 Å². The largest absolute Gasteiger partial charge is 0.465 e. The van der Waals surface area contributed by atoms with Gasteiger partial charge in [-0.3, -0.25) is 0 Å². The zero-order valence-electron chi connectivity index (χ0n) is 9.58. The fraction of sp³-hybridized carbons (Fsp3) is 0.231. The van der Waals surface area contributed by atoms with Crippen LogP contribution in [0.4, 0.5) is 11.4 Å². The van der Waals surface area contributed by atoms with Crippen LogP contribution in [-0.4, -0.2) is 0 Å². The van der Waals surface area contributed by atoms with Gasteiger partial charge < -0.3 is 15.5 Å². The molecular weight excluding hydrogens is 200 g/mol. The number of hydrogen-bond donors (Lipinski definition) is 2. The average molecular weight is 216 g/mol. The number of anilines is 2. The van der Waals surface area contributed by atoms with Crippen LogP contribution in [0.15, 0.2) is 34.7 Å². The highest BCUT2D eigenvalue weighted by atomic mass is 16.3. The van der Waals surface area contributed by atoms with E-state index in [4.69, 9.17) is 10.2 Å². The number of benzene rings is 1. The van der Waals surface area contributed by atoms with Gasteiger partial charge in [0.05, 0.1) is 17.9 Å². The van der Waals surface area contributed by atoms with Gasteiger partial charge in [0.15, 0.2) is 0 Å². The molecule has 0 radical (unpaired) electrons. The van der Waals surface area contributed by atoms with Gasteiger partial charge in [0.1, 0.15) is 11.5 Å². The maximum absolute atomic E-state index is 5.90. The van der Waals surface area contributed by atoms with Crippen LogP contribution < -0.4 is 11.1 Å². The maximum atomic E-state index is 5.90. The molecule has 0 fully saturated rings. The minimum Gasteiger partial charge on any atom is -0.465 e. The van der Waals surface area contributed by atoms with Crippen molar-refractivity contribution in [3.63, 3.8) is 0 Å². The number of rotatable bonds is 3. The van der Waals surface area contributed by atoms with E-state index in [1.807, 2.05) is 44.2 Å². The number of furan rings is 1. The van der Waals surface area contributed by atoms with Crippen molar-refractivity contribution in [2.24, 2.45) is 0 Å². The predicted molar refractivity (Wildman–Crippen MR) is 66.4 cm³/mol. The lowest BCUT2D eigenvalue weighted by Crippen LogP contribution is -2.03. The molecule has 84 valence electrons. The van der Waals surface area contributed by atoms with Crippen molar-refractivity contribution in [1.29, 1.82) is 0 Å². The smallest absolute Gasteiger partial charge is 0.123 e. The van der Waals surface area contributed by atoms with Crippen LogP contribution in [0.25, 0.3) is 0 Å². The Morgan fingerprint density at radius 2 is 2.00 bits per heavy atom. The Hall–Kier alpha value is -1.90. The molecule has 3 N–H and O–H groups in total. The highest BCUT2D eigenvalue weighted by molar-refractivity contribution is 5.69. The molecule has 0 bridgehead atoms. The summed E-state index contributed by atoms with van der Waals surface area (Å²) in [4.78, 5) is 0. The van der Waals surface area contributed by atoms with Gasteiger partial charge in [-0.05, 0) is 37.6 Å². The van der Waals surface area contributed by atoms with E-state index < -0.39 is 0 Å². The Bertz CT molecular complexity index is 468. The van der Waals surface area contributed by atoms with Crippen molar-refractivity contribution in [3.05, 3.63) is 47.4 Å². The predicted octanol–water partition coefficient (Wildman–Crippen LogP) is 3.09. The number of nitrogens with one attached hydrogen (secondary N) is 1. The van der Waals surface area contributed by atoms with Gasteiger partial charge in [0.25, 0.3) is 0 Å². The van der Waals surface area contributed by atoms with Crippen molar-refractivity contribution in [1.82, 2.24) is 0 Å². The van der Waals surface area contributed by atoms with Crippen molar-refractivity contribution in [3.8, 4) is 0 Å². The average Bonchev–Trinajstić information content (AvgIpc) is 2.63. The van der Waals surface area contributed by atoms with Crippen LogP contribution in [-0.2, 0) is 6.54 Å². The summed E-state index contributed by atoms with van der Waals surface area (Å²) in [5.41, 5.74) is 8.79. The number of para-hydroxylation sites is 1. The van der Waals surface area contributed by atoms with Gasteiger partial charge in [-0.2, -0.15) is 0 Å². The number of nitrogens with two attached hydrogens (primary N) is 1. The molecular formula is C13H16N2O. The van der Waals surface area contributed by atoms with E-state index in [2.05, 4.69) is 5.32 Å². The number of hydrogen-bond acceptors (Lipinski definition) is 3. The van der Waals surface area contributed by atoms with E-state index in [1.165, 1.54) is 0 Å². The molecule has 0 saturated heterocycles. The van der Waals surface area contributed by atoms with Gasteiger partial charge in [-0.25, -0.2) is 0 Å². The summed E-state index contributed by atoms with van der Waals surface area (Å²) in [5.74, 6) is 1.84. The van der Waals surface area contributed by atoms with E-state index in [1.54, 1.807) is 0 Å². The van der Waals surface area contributed by atoms with Gasteiger partial charge in [-0.15, -0.1) is 0 Å². The Balaban J connectivity index is 2.10. The molecule has 3 heteroatoms. The third kappa shape index (κ3) is 2.19. The van der Waals surface area contributed by atoms with Crippen molar-refractivity contribution in [2.75, 3.05) is 11.1 Å². The van der Waals surface area contributed by atoms with Crippen LogP contribution in [0.5, 0.6) is 0 Å². The van der Waals surface area contributed by atoms with Crippen molar-refractivity contribution >= 4 is 11.4 Å². The molecule has 0 saturated carbocycles. The number of aryl methyl sites for hydroxylation is 2. The Labute approximate surface area is 95.3 Å². The summed E-state index contributed by atoms with van der Waals surface area (Å²) in [5, 5.41) is 3.29. The van der Waals surface area contributed by atoms with Crippen LogP contribution in [0, 0.1) is 13.8 Å². The van der Waals surface area contributed by atoms with Gasteiger partial charge in [0.2, 0.25) is 0 Å². The molecule has 2 aromatic rings. The Morgan fingerprint density at radius 3 is 2.62 bits per heavy atom. The van der Waals surface area contributed by atoms with E-state index >= 15 is 0 Å². The first-order valence-corrected chi connectivity index (χ1v) is 5.31. The SMILES string of the molecule is Cc1ccc(CNc2c(C)cccc2N)o1. The van der Waals surface area contributed by atoms with Crippen LogP contribution >= 0.6 is 0 Å². The molecule has 0 aliphatic heterocycles. The van der Waals surface area contributed by atoms with Crippen molar-refractivity contribution in [2.45, 2.75) is 20.4 Å². The fourth-order valence-corrected chi connectivity index (χ4v) is 1.69. The molecule has 1 aromatic heterocycles. The minimum absolute atomic E-state index is 0.656. The second-order valence-corrected chi connectivity index (χ2v) is 3.91. The highest BCUT2D eigenvalue weighted by Gasteiger charge is 2.03. The van der Waals surface area contributed by atoms with E-state index in [0.717, 1.165) is 28.5 Å².